The fourth-order valence-electron chi connectivity index (χ4n) is 2.29. The van der Waals surface area contributed by atoms with Gasteiger partial charge in [0, 0.05) is 45.1 Å². The van der Waals surface area contributed by atoms with Crippen LogP contribution in [0.25, 0.3) is 0 Å². The van der Waals surface area contributed by atoms with Crippen LogP contribution in [0.3, 0.4) is 0 Å². The lowest BCUT2D eigenvalue weighted by Crippen LogP contribution is -2.49. The van der Waals surface area contributed by atoms with Crippen molar-refractivity contribution in [1.29, 1.82) is 0 Å². The maximum absolute atomic E-state index is 11.6. The summed E-state index contributed by atoms with van der Waals surface area (Å²) in [5.41, 5.74) is 6.90. The Morgan fingerprint density at radius 2 is 2.19 bits per heavy atom. The summed E-state index contributed by atoms with van der Waals surface area (Å²) in [5.74, 6) is 0.0247. The number of rotatable bonds is 4. The SMILES string of the molecule is CNC(=O)c1cc(N2CCN(CC(N)=NO)CC2)ccn1. The van der Waals surface area contributed by atoms with Crippen molar-refractivity contribution in [3.05, 3.63) is 24.0 Å². The van der Waals surface area contributed by atoms with Gasteiger partial charge in [0.2, 0.25) is 0 Å². The largest absolute Gasteiger partial charge is 0.409 e. The number of carbonyl (C=O) groups excluding carboxylic acids is 1. The highest BCUT2D eigenvalue weighted by Gasteiger charge is 2.19. The Kier molecular flexibility index (Phi) is 4.94. The van der Waals surface area contributed by atoms with E-state index in [0.29, 0.717) is 12.2 Å². The summed E-state index contributed by atoms with van der Waals surface area (Å²) in [7, 11) is 1.59. The molecular formula is C13H20N6O2. The number of amidine groups is 1. The molecule has 114 valence electrons. The van der Waals surface area contributed by atoms with Crippen LogP contribution in [0.15, 0.2) is 23.5 Å². The van der Waals surface area contributed by atoms with E-state index in [1.54, 1.807) is 19.3 Å². The van der Waals surface area contributed by atoms with Gasteiger partial charge in [0.1, 0.15) is 5.69 Å². The molecule has 8 heteroatoms. The number of anilines is 1. The number of amides is 1. The molecule has 0 spiro atoms. The molecule has 4 N–H and O–H groups in total. The van der Waals surface area contributed by atoms with Crippen molar-refractivity contribution in [1.82, 2.24) is 15.2 Å². The first-order valence-electron chi connectivity index (χ1n) is 6.76. The molecular weight excluding hydrogens is 272 g/mol. The van der Waals surface area contributed by atoms with Crippen LogP contribution in [-0.4, -0.2) is 66.6 Å². The molecule has 1 amide bonds. The van der Waals surface area contributed by atoms with Crippen LogP contribution < -0.4 is 16.0 Å². The summed E-state index contributed by atoms with van der Waals surface area (Å²) >= 11 is 0. The highest BCUT2D eigenvalue weighted by molar-refractivity contribution is 5.92. The quantitative estimate of drug-likeness (QED) is 0.293. The number of nitrogens with zero attached hydrogens (tertiary/aromatic N) is 4. The van der Waals surface area contributed by atoms with Gasteiger partial charge in [0.15, 0.2) is 5.84 Å². The molecule has 0 aliphatic carbocycles. The molecule has 2 rings (SSSR count). The standard InChI is InChI=1S/C13H20N6O2/c1-15-13(20)11-8-10(2-3-16-11)19-6-4-18(5-7-19)9-12(14)17-21/h2-3,8,21H,4-7,9H2,1H3,(H2,14,17)(H,15,20). The molecule has 0 atom stereocenters. The van der Waals surface area contributed by atoms with Crippen molar-refractivity contribution < 1.29 is 10.0 Å². The van der Waals surface area contributed by atoms with Crippen LogP contribution in [0.5, 0.6) is 0 Å². The maximum Gasteiger partial charge on any atom is 0.269 e. The van der Waals surface area contributed by atoms with E-state index in [1.807, 2.05) is 6.07 Å². The first-order chi connectivity index (χ1) is 10.1. The third-order valence-electron chi connectivity index (χ3n) is 3.45. The van der Waals surface area contributed by atoms with E-state index in [9.17, 15) is 4.79 Å². The monoisotopic (exact) mass is 292 g/mol. The van der Waals surface area contributed by atoms with Crippen molar-refractivity contribution in [2.45, 2.75) is 0 Å². The van der Waals surface area contributed by atoms with Gasteiger partial charge >= 0.3 is 0 Å². The number of nitrogens with one attached hydrogen (secondary N) is 1. The van der Waals surface area contributed by atoms with E-state index >= 15 is 0 Å². The maximum atomic E-state index is 11.6. The number of carbonyl (C=O) groups is 1. The Balaban J connectivity index is 1.97. The fourth-order valence-corrected chi connectivity index (χ4v) is 2.29. The van der Waals surface area contributed by atoms with Crippen LogP contribution >= 0.6 is 0 Å². The lowest BCUT2D eigenvalue weighted by molar-refractivity contribution is 0.0958. The van der Waals surface area contributed by atoms with E-state index in [-0.39, 0.29) is 11.7 Å². The summed E-state index contributed by atoms with van der Waals surface area (Å²) < 4.78 is 0. The Labute approximate surface area is 123 Å². The van der Waals surface area contributed by atoms with Crippen LogP contribution in [0.2, 0.25) is 0 Å². The molecule has 1 aromatic heterocycles. The molecule has 0 unspecified atom stereocenters. The van der Waals surface area contributed by atoms with E-state index in [2.05, 4.69) is 25.3 Å². The third kappa shape index (κ3) is 3.82. The molecule has 0 bridgehead atoms. The number of piperazine rings is 1. The second kappa shape index (κ2) is 6.89. The number of hydrogen-bond donors (Lipinski definition) is 3. The minimum atomic E-state index is -0.192. The highest BCUT2D eigenvalue weighted by Crippen LogP contribution is 2.16. The van der Waals surface area contributed by atoms with Crippen molar-refractivity contribution in [3.63, 3.8) is 0 Å². The zero-order valence-electron chi connectivity index (χ0n) is 12.0. The van der Waals surface area contributed by atoms with Crippen molar-refractivity contribution in [2.75, 3.05) is 44.7 Å². The average molecular weight is 292 g/mol. The Morgan fingerprint density at radius 1 is 1.48 bits per heavy atom. The minimum absolute atomic E-state index is 0.192. The first-order valence-corrected chi connectivity index (χ1v) is 6.76. The highest BCUT2D eigenvalue weighted by atomic mass is 16.4. The first kappa shape index (κ1) is 15.0. The number of aromatic nitrogens is 1. The molecule has 21 heavy (non-hydrogen) atoms. The Bertz CT molecular complexity index is 525. The van der Waals surface area contributed by atoms with Crippen LogP contribution in [0.1, 0.15) is 10.5 Å². The molecule has 0 radical (unpaired) electrons. The summed E-state index contributed by atoms with van der Waals surface area (Å²) in [4.78, 5) is 20.0. The lowest BCUT2D eigenvalue weighted by Gasteiger charge is -2.35. The average Bonchev–Trinajstić information content (AvgIpc) is 2.54. The van der Waals surface area contributed by atoms with Gasteiger partial charge in [-0.1, -0.05) is 5.16 Å². The summed E-state index contributed by atoms with van der Waals surface area (Å²) in [5, 5.41) is 14.1. The topological polar surface area (TPSA) is 107 Å². The Morgan fingerprint density at radius 3 is 2.81 bits per heavy atom. The Hall–Kier alpha value is -2.35. The number of pyridine rings is 1. The molecule has 1 aromatic rings. The van der Waals surface area contributed by atoms with Crippen molar-refractivity contribution >= 4 is 17.4 Å². The van der Waals surface area contributed by atoms with Gasteiger partial charge in [0.25, 0.3) is 5.91 Å². The van der Waals surface area contributed by atoms with Crippen LogP contribution in [-0.2, 0) is 0 Å². The van der Waals surface area contributed by atoms with Crippen molar-refractivity contribution in [3.8, 4) is 0 Å². The normalized spacial score (nSPS) is 16.8. The second-order valence-corrected chi connectivity index (χ2v) is 4.83. The van der Waals surface area contributed by atoms with Gasteiger partial charge < -0.3 is 21.2 Å². The number of nitrogens with two attached hydrogens (primary N) is 1. The summed E-state index contributed by atoms with van der Waals surface area (Å²) in [6.07, 6.45) is 1.64. The molecule has 1 aliphatic heterocycles. The zero-order chi connectivity index (χ0) is 15.2. The van der Waals surface area contributed by atoms with Gasteiger partial charge in [-0.25, -0.2) is 0 Å². The van der Waals surface area contributed by atoms with Gasteiger partial charge in [-0.3, -0.25) is 14.7 Å². The van der Waals surface area contributed by atoms with E-state index in [0.717, 1.165) is 31.9 Å². The predicted octanol–water partition coefficient (Wildman–Crippen LogP) is -0.690. The number of oxime groups is 1. The molecule has 0 aromatic carbocycles. The van der Waals surface area contributed by atoms with Crippen LogP contribution in [0, 0.1) is 0 Å². The molecule has 1 saturated heterocycles. The van der Waals surface area contributed by atoms with Gasteiger partial charge in [-0.2, -0.15) is 0 Å². The minimum Gasteiger partial charge on any atom is -0.409 e. The third-order valence-corrected chi connectivity index (χ3v) is 3.45. The summed E-state index contributed by atoms with van der Waals surface area (Å²) in [6, 6.07) is 3.68. The van der Waals surface area contributed by atoms with Gasteiger partial charge in [0.05, 0.1) is 6.54 Å². The number of hydrogen-bond acceptors (Lipinski definition) is 6. The second-order valence-electron chi connectivity index (χ2n) is 4.83. The van der Waals surface area contributed by atoms with E-state index in [1.165, 1.54) is 0 Å². The summed E-state index contributed by atoms with van der Waals surface area (Å²) in [6.45, 7) is 3.72. The van der Waals surface area contributed by atoms with E-state index < -0.39 is 0 Å². The lowest BCUT2D eigenvalue weighted by atomic mass is 10.2. The zero-order valence-corrected chi connectivity index (χ0v) is 12.0. The fraction of sp³-hybridized carbons (Fsp3) is 0.462. The molecule has 1 aliphatic rings. The molecule has 0 saturated carbocycles. The molecule has 8 nitrogen and oxygen atoms in total. The van der Waals surface area contributed by atoms with Gasteiger partial charge in [-0.15, -0.1) is 0 Å². The van der Waals surface area contributed by atoms with Crippen LogP contribution in [0.4, 0.5) is 5.69 Å². The van der Waals surface area contributed by atoms with Crippen molar-refractivity contribution in [2.24, 2.45) is 10.9 Å². The van der Waals surface area contributed by atoms with Gasteiger partial charge in [-0.05, 0) is 12.1 Å². The molecule has 2 heterocycles. The smallest absolute Gasteiger partial charge is 0.269 e. The molecule has 1 fully saturated rings. The predicted molar refractivity (Wildman–Crippen MR) is 79.7 cm³/mol. The van der Waals surface area contributed by atoms with E-state index in [4.69, 9.17) is 10.9 Å².